The van der Waals surface area contributed by atoms with Gasteiger partial charge in [0.1, 0.15) is 5.75 Å². The molecule has 7 nitrogen and oxygen atoms in total. The molecule has 2 fully saturated rings. The van der Waals surface area contributed by atoms with Crippen molar-refractivity contribution in [3.8, 4) is 5.75 Å². The molecule has 3 aromatic rings. The van der Waals surface area contributed by atoms with Crippen LogP contribution in [0.25, 0.3) is 11.0 Å². The second-order valence-electron chi connectivity index (χ2n) is 7.85. The number of hydrogen-bond donors (Lipinski definition) is 1. The van der Waals surface area contributed by atoms with Gasteiger partial charge >= 0.3 is 29.6 Å². The standard InChI is InChI=1S/C22H25N3O4S.Na.H/c1-15-19(14-30(26)21-24-17-4-2-3-5-18(17)25-21)23-11-8-20(15)29-16-6-9-22(10-7-16)27-12-13-28-22;;/h2-5,8,11,16H,6-7,9-10,12-14H2,1H3,(H,24,25);;/q;+1;-1. The Morgan fingerprint density at radius 1 is 1.23 bits per heavy atom. The summed E-state index contributed by atoms with van der Waals surface area (Å²) in [6.45, 7) is 3.34. The first-order valence-corrected chi connectivity index (χ1v) is 11.7. The summed E-state index contributed by atoms with van der Waals surface area (Å²) in [5.41, 5.74) is 3.39. The van der Waals surface area contributed by atoms with E-state index in [1.165, 1.54) is 0 Å². The zero-order valence-electron chi connectivity index (χ0n) is 18.9. The molecule has 9 heteroatoms. The number of rotatable bonds is 5. The number of fused-ring (bicyclic) bond motifs is 1. The summed E-state index contributed by atoms with van der Waals surface area (Å²) in [5, 5.41) is 0.470. The van der Waals surface area contributed by atoms with Crippen LogP contribution in [0.4, 0.5) is 0 Å². The van der Waals surface area contributed by atoms with Crippen molar-refractivity contribution in [3.05, 3.63) is 47.8 Å². The number of pyridine rings is 1. The maximum absolute atomic E-state index is 12.9. The molecule has 2 aliphatic rings. The molecule has 31 heavy (non-hydrogen) atoms. The van der Waals surface area contributed by atoms with E-state index in [4.69, 9.17) is 14.2 Å². The fourth-order valence-electron chi connectivity index (χ4n) is 4.18. The molecule has 1 unspecified atom stereocenters. The van der Waals surface area contributed by atoms with E-state index >= 15 is 0 Å². The molecular weight excluding hydrogens is 425 g/mol. The molecule has 160 valence electrons. The smallest absolute Gasteiger partial charge is 1.00 e. The number of nitrogens with one attached hydrogen (secondary N) is 1. The topological polar surface area (TPSA) is 86.3 Å². The average Bonchev–Trinajstić information content (AvgIpc) is 3.40. The first-order valence-electron chi connectivity index (χ1n) is 10.3. The monoisotopic (exact) mass is 451 g/mol. The molecule has 1 aromatic carbocycles. The van der Waals surface area contributed by atoms with Crippen molar-refractivity contribution in [2.24, 2.45) is 0 Å². The summed E-state index contributed by atoms with van der Waals surface area (Å²) in [5.74, 6) is 0.705. The summed E-state index contributed by atoms with van der Waals surface area (Å²) in [4.78, 5) is 12.1. The molecule has 3 heterocycles. The first-order chi connectivity index (χ1) is 14.6. The van der Waals surface area contributed by atoms with Crippen LogP contribution in [-0.4, -0.2) is 44.3 Å². The van der Waals surface area contributed by atoms with E-state index in [1.807, 2.05) is 37.3 Å². The van der Waals surface area contributed by atoms with E-state index < -0.39 is 10.8 Å². The number of H-pyrrole nitrogens is 1. The molecule has 1 atom stereocenters. The van der Waals surface area contributed by atoms with Gasteiger partial charge in [0.15, 0.2) is 10.9 Å². The van der Waals surface area contributed by atoms with Gasteiger partial charge in [-0.2, -0.15) is 0 Å². The van der Waals surface area contributed by atoms with Crippen LogP contribution < -0.4 is 34.3 Å². The second-order valence-corrected chi connectivity index (χ2v) is 9.22. The molecular formula is C22H26N3NaO4S. The average molecular weight is 452 g/mol. The van der Waals surface area contributed by atoms with Crippen LogP contribution in [0.15, 0.2) is 41.7 Å². The van der Waals surface area contributed by atoms with Crippen LogP contribution >= 0.6 is 0 Å². The normalized spacial score (nSPS) is 19.4. The number of nitrogens with zero attached hydrogens (tertiary/aromatic N) is 2. The number of para-hydroxylation sites is 2. The second kappa shape index (κ2) is 9.68. The number of benzene rings is 1. The fourth-order valence-corrected chi connectivity index (χ4v) is 5.28. The fraction of sp³-hybridized carbons (Fsp3) is 0.455. The van der Waals surface area contributed by atoms with Crippen molar-refractivity contribution in [2.75, 3.05) is 13.2 Å². The molecule has 0 amide bonds. The van der Waals surface area contributed by atoms with E-state index in [0.717, 1.165) is 53.7 Å². The van der Waals surface area contributed by atoms with Gasteiger partial charge in [0.05, 0.1) is 52.6 Å². The summed E-state index contributed by atoms with van der Waals surface area (Å²) in [6, 6.07) is 9.56. The number of ether oxygens (including phenoxy) is 3. The van der Waals surface area contributed by atoms with Gasteiger partial charge in [0, 0.05) is 24.6 Å². The molecule has 1 aliphatic carbocycles. The Labute approximate surface area is 207 Å². The molecule has 0 radical (unpaired) electrons. The van der Waals surface area contributed by atoms with Gasteiger partial charge in [0.2, 0.25) is 0 Å². The predicted molar refractivity (Wildman–Crippen MR) is 114 cm³/mol. The van der Waals surface area contributed by atoms with E-state index in [9.17, 15) is 4.21 Å². The van der Waals surface area contributed by atoms with Crippen molar-refractivity contribution in [2.45, 2.75) is 55.4 Å². The van der Waals surface area contributed by atoms with E-state index in [0.29, 0.717) is 18.4 Å². The van der Waals surface area contributed by atoms with E-state index in [-0.39, 0.29) is 48.6 Å². The molecule has 1 saturated heterocycles. The van der Waals surface area contributed by atoms with Crippen LogP contribution in [0.1, 0.15) is 38.4 Å². The Hall–Kier alpha value is -1.29. The van der Waals surface area contributed by atoms with Crippen LogP contribution in [0.5, 0.6) is 5.75 Å². The Kier molecular flexibility index (Phi) is 7.15. The van der Waals surface area contributed by atoms with Crippen molar-refractivity contribution >= 4 is 21.8 Å². The first kappa shape index (κ1) is 22.9. The molecule has 1 aliphatic heterocycles. The number of aromatic amines is 1. The zero-order chi connectivity index (χ0) is 20.6. The number of hydrogen-bond acceptors (Lipinski definition) is 6. The van der Waals surface area contributed by atoms with Gasteiger partial charge in [-0.25, -0.2) is 4.98 Å². The van der Waals surface area contributed by atoms with Crippen molar-refractivity contribution in [1.29, 1.82) is 0 Å². The van der Waals surface area contributed by atoms with Crippen LogP contribution in [0, 0.1) is 6.92 Å². The Bertz CT molecular complexity index is 1050. The summed E-state index contributed by atoms with van der Waals surface area (Å²) < 4.78 is 30.8. The molecule has 2 aromatic heterocycles. The zero-order valence-corrected chi connectivity index (χ0v) is 20.7. The van der Waals surface area contributed by atoms with Crippen LogP contribution in [0.2, 0.25) is 0 Å². The van der Waals surface area contributed by atoms with Crippen molar-refractivity contribution in [3.63, 3.8) is 0 Å². The molecule has 1 saturated carbocycles. The Balaban J connectivity index is 0.00000144. The van der Waals surface area contributed by atoms with Gasteiger partial charge in [-0.05, 0) is 38.0 Å². The van der Waals surface area contributed by atoms with Crippen LogP contribution in [-0.2, 0) is 26.0 Å². The predicted octanol–water partition coefficient (Wildman–Crippen LogP) is 0.755. The van der Waals surface area contributed by atoms with Crippen molar-refractivity contribution in [1.82, 2.24) is 15.0 Å². The maximum Gasteiger partial charge on any atom is 1.00 e. The van der Waals surface area contributed by atoms with Gasteiger partial charge in [0.25, 0.3) is 0 Å². The molecule has 1 spiro atoms. The third-order valence-corrected chi connectivity index (χ3v) is 7.07. The number of imidazole rings is 1. The van der Waals surface area contributed by atoms with Gasteiger partial charge in [-0.1, -0.05) is 12.1 Å². The molecule has 5 rings (SSSR count). The summed E-state index contributed by atoms with van der Waals surface area (Å²) in [6.07, 6.45) is 5.33. The maximum atomic E-state index is 12.9. The van der Waals surface area contributed by atoms with E-state index in [2.05, 4.69) is 15.0 Å². The van der Waals surface area contributed by atoms with E-state index in [1.54, 1.807) is 6.20 Å². The Morgan fingerprint density at radius 3 is 2.71 bits per heavy atom. The minimum absolute atomic E-state index is 0. The third kappa shape index (κ3) is 4.89. The summed E-state index contributed by atoms with van der Waals surface area (Å²) in [7, 11) is -1.32. The third-order valence-electron chi connectivity index (χ3n) is 5.91. The molecule has 1 N–H and O–H groups in total. The SMILES string of the molecule is Cc1c(OC2CCC3(CC2)OCCO3)ccnc1CS(=O)c1nc2ccccc2[nH]1.[H-].[Na+]. The van der Waals surface area contributed by atoms with Gasteiger partial charge < -0.3 is 20.6 Å². The largest absolute Gasteiger partial charge is 1.00 e. The number of aromatic nitrogens is 3. The summed E-state index contributed by atoms with van der Waals surface area (Å²) >= 11 is 0. The minimum Gasteiger partial charge on any atom is -1.00 e. The van der Waals surface area contributed by atoms with Gasteiger partial charge in [-0.3, -0.25) is 9.19 Å². The van der Waals surface area contributed by atoms with Crippen molar-refractivity contribution < 1.29 is 49.4 Å². The minimum atomic E-state index is -1.32. The quantitative estimate of drug-likeness (QED) is 0.577. The molecule has 0 bridgehead atoms. The van der Waals surface area contributed by atoms with Gasteiger partial charge in [-0.15, -0.1) is 0 Å². The van der Waals surface area contributed by atoms with Crippen LogP contribution in [0.3, 0.4) is 0 Å². The Morgan fingerprint density at radius 2 is 1.97 bits per heavy atom.